The first-order valence-corrected chi connectivity index (χ1v) is 9.38. The van der Waals surface area contributed by atoms with Crippen LogP contribution < -0.4 is 4.74 Å². The molecule has 1 amide bonds. The van der Waals surface area contributed by atoms with Crippen LogP contribution in [0.2, 0.25) is 0 Å². The van der Waals surface area contributed by atoms with Crippen molar-refractivity contribution >= 4 is 6.09 Å². The van der Waals surface area contributed by atoms with E-state index in [1.54, 1.807) is 18.1 Å². The molecule has 0 saturated carbocycles. The molecule has 148 valence electrons. The highest BCUT2D eigenvalue weighted by atomic mass is 16.6. The maximum Gasteiger partial charge on any atom is 0.412 e. The molecule has 0 aliphatic carbocycles. The van der Waals surface area contributed by atoms with Crippen molar-refractivity contribution in [1.82, 2.24) is 4.90 Å². The summed E-state index contributed by atoms with van der Waals surface area (Å²) in [5.74, 6) is 0.797. The lowest BCUT2D eigenvalue weighted by atomic mass is 10.00. The van der Waals surface area contributed by atoms with Crippen molar-refractivity contribution in [3.8, 4) is 5.75 Å². The molecule has 28 heavy (non-hydrogen) atoms. The molecule has 1 aliphatic rings. The molecule has 1 aliphatic heterocycles. The Morgan fingerprint density at radius 3 is 2.43 bits per heavy atom. The van der Waals surface area contributed by atoms with Gasteiger partial charge in [0.15, 0.2) is 0 Å². The van der Waals surface area contributed by atoms with Gasteiger partial charge in [-0.1, -0.05) is 48.5 Å². The van der Waals surface area contributed by atoms with Gasteiger partial charge in [0.25, 0.3) is 0 Å². The molecule has 1 fully saturated rings. The molecular formula is C23H27NO4. The van der Waals surface area contributed by atoms with Gasteiger partial charge in [0, 0.05) is 0 Å². The zero-order chi connectivity index (χ0) is 20.1. The molecule has 2 aromatic rings. The van der Waals surface area contributed by atoms with E-state index in [1.165, 1.54) is 0 Å². The van der Waals surface area contributed by atoms with Crippen LogP contribution in [0.5, 0.6) is 5.75 Å². The average Bonchev–Trinajstić information content (AvgIpc) is 2.97. The van der Waals surface area contributed by atoms with Crippen LogP contribution >= 0.6 is 0 Å². The number of benzene rings is 2. The summed E-state index contributed by atoms with van der Waals surface area (Å²) in [4.78, 5) is 14.7. The third kappa shape index (κ3) is 4.37. The first-order chi connectivity index (χ1) is 13.4. The molecule has 2 aromatic carbocycles. The summed E-state index contributed by atoms with van der Waals surface area (Å²) < 4.78 is 16.9. The van der Waals surface area contributed by atoms with Crippen molar-refractivity contribution in [1.29, 1.82) is 0 Å². The van der Waals surface area contributed by atoms with Crippen LogP contribution in [0.25, 0.3) is 0 Å². The molecule has 2 atom stereocenters. The second kappa shape index (κ2) is 8.48. The first kappa shape index (κ1) is 20.0. The molecule has 1 saturated heterocycles. The highest BCUT2D eigenvalue weighted by Gasteiger charge is 2.49. The largest absolute Gasteiger partial charge is 0.497 e. The van der Waals surface area contributed by atoms with E-state index in [2.05, 4.69) is 6.58 Å². The van der Waals surface area contributed by atoms with E-state index in [0.717, 1.165) is 16.9 Å². The van der Waals surface area contributed by atoms with Crippen LogP contribution in [0.1, 0.15) is 25.0 Å². The Balaban J connectivity index is 1.77. The lowest BCUT2D eigenvalue weighted by Crippen LogP contribution is -2.49. The Morgan fingerprint density at radius 1 is 1.14 bits per heavy atom. The standard InChI is InChI=1S/C23H27NO4/c1-5-21-20(15-17-11-13-19(26-4)14-12-17)24(23(2,3)28-21)22(25)27-16-18-9-7-6-8-10-18/h5-14,20-21H,1,15-16H2,2-4H3/t20-,21+/m0/s1. The molecule has 0 aromatic heterocycles. The van der Waals surface area contributed by atoms with E-state index in [-0.39, 0.29) is 18.8 Å². The number of rotatable bonds is 6. The van der Waals surface area contributed by atoms with Gasteiger partial charge in [-0.2, -0.15) is 0 Å². The lowest BCUT2D eigenvalue weighted by Gasteiger charge is -2.32. The van der Waals surface area contributed by atoms with Crippen LogP contribution in [0, 0.1) is 0 Å². The molecule has 5 nitrogen and oxygen atoms in total. The molecule has 0 N–H and O–H groups in total. The summed E-state index contributed by atoms with van der Waals surface area (Å²) in [5, 5.41) is 0. The Morgan fingerprint density at radius 2 is 1.82 bits per heavy atom. The highest BCUT2D eigenvalue weighted by molar-refractivity contribution is 5.69. The molecule has 3 rings (SSSR count). The number of carbonyl (C=O) groups is 1. The molecule has 0 bridgehead atoms. The molecule has 5 heteroatoms. The van der Waals surface area contributed by atoms with Crippen molar-refractivity contribution in [2.24, 2.45) is 0 Å². The average molecular weight is 381 g/mol. The van der Waals surface area contributed by atoms with Crippen molar-refractivity contribution in [2.75, 3.05) is 7.11 Å². The Bertz CT molecular complexity index is 801. The van der Waals surface area contributed by atoms with Gasteiger partial charge in [-0.15, -0.1) is 6.58 Å². The molecule has 0 radical (unpaired) electrons. The first-order valence-electron chi connectivity index (χ1n) is 9.38. The van der Waals surface area contributed by atoms with Crippen LogP contribution in [-0.4, -0.2) is 36.0 Å². The van der Waals surface area contributed by atoms with Crippen LogP contribution in [-0.2, 0) is 22.5 Å². The van der Waals surface area contributed by atoms with Crippen LogP contribution in [0.3, 0.4) is 0 Å². The SMILES string of the molecule is C=C[C@H]1OC(C)(C)N(C(=O)OCc2ccccc2)[C@H]1Cc1ccc(OC)cc1. The van der Waals surface area contributed by atoms with Gasteiger partial charge in [-0.3, -0.25) is 4.90 Å². The summed E-state index contributed by atoms with van der Waals surface area (Å²) in [6, 6.07) is 17.3. The van der Waals surface area contributed by atoms with E-state index in [9.17, 15) is 4.79 Å². The van der Waals surface area contributed by atoms with Gasteiger partial charge >= 0.3 is 6.09 Å². The fourth-order valence-electron chi connectivity index (χ4n) is 3.57. The van der Waals surface area contributed by atoms with E-state index < -0.39 is 11.8 Å². The fourth-order valence-corrected chi connectivity index (χ4v) is 3.57. The van der Waals surface area contributed by atoms with Crippen molar-refractivity contribution in [2.45, 2.75) is 44.7 Å². The summed E-state index contributed by atoms with van der Waals surface area (Å²) in [5.41, 5.74) is 1.24. The summed E-state index contributed by atoms with van der Waals surface area (Å²) in [7, 11) is 1.64. The van der Waals surface area contributed by atoms with Crippen LogP contribution in [0.4, 0.5) is 4.79 Å². The second-order valence-corrected chi connectivity index (χ2v) is 7.29. The van der Waals surface area contributed by atoms with E-state index in [1.807, 2.05) is 68.4 Å². The zero-order valence-electron chi connectivity index (χ0n) is 16.6. The molecular weight excluding hydrogens is 354 g/mol. The van der Waals surface area contributed by atoms with Crippen molar-refractivity contribution in [3.63, 3.8) is 0 Å². The maximum atomic E-state index is 13.0. The third-order valence-corrected chi connectivity index (χ3v) is 4.95. The number of hydrogen-bond acceptors (Lipinski definition) is 4. The minimum atomic E-state index is -0.788. The summed E-state index contributed by atoms with van der Waals surface area (Å²) >= 11 is 0. The van der Waals surface area contributed by atoms with Gasteiger partial charge in [-0.25, -0.2) is 4.79 Å². The minimum Gasteiger partial charge on any atom is -0.497 e. The summed E-state index contributed by atoms with van der Waals surface area (Å²) in [6.07, 6.45) is 1.71. The molecule has 1 heterocycles. The Hall–Kier alpha value is -2.79. The number of nitrogens with zero attached hydrogens (tertiary/aromatic N) is 1. The third-order valence-electron chi connectivity index (χ3n) is 4.95. The second-order valence-electron chi connectivity index (χ2n) is 7.29. The number of methoxy groups -OCH3 is 1. The van der Waals surface area contributed by atoms with Crippen LogP contribution in [0.15, 0.2) is 67.3 Å². The van der Waals surface area contributed by atoms with Gasteiger partial charge in [0.2, 0.25) is 0 Å². The van der Waals surface area contributed by atoms with Crippen molar-refractivity contribution < 1.29 is 19.0 Å². The quantitative estimate of drug-likeness (QED) is 0.688. The Labute approximate surface area is 166 Å². The number of ether oxygens (including phenoxy) is 3. The fraction of sp³-hybridized carbons (Fsp3) is 0.348. The van der Waals surface area contributed by atoms with Crippen molar-refractivity contribution in [3.05, 3.63) is 78.4 Å². The van der Waals surface area contributed by atoms with Gasteiger partial charge < -0.3 is 14.2 Å². The monoisotopic (exact) mass is 381 g/mol. The number of amides is 1. The maximum absolute atomic E-state index is 13.0. The van der Waals surface area contributed by atoms with E-state index in [0.29, 0.717) is 6.42 Å². The van der Waals surface area contributed by atoms with Gasteiger partial charge in [0.05, 0.1) is 19.3 Å². The number of hydrogen-bond donors (Lipinski definition) is 0. The summed E-state index contributed by atoms with van der Waals surface area (Å²) in [6.45, 7) is 7.87. The van der Waals surface area contributed by atoms with Gasteiger partial charge in [0.1, 0.15) is 18.1 Å². The Kier molecular flexibility index (Phi) is 6.05. The lowest BCUT2D eigenvalue weighted by molar-refractivity contribution is -0.0614. The highest BCUT2D eigenvalue weighted by Crippen LogP contribution is 2.35. The zero-order valence-corrected chi connectivity index (χ0v) is 16.6. The predicted octanol–water partition coefficient (Wildman–Crippen LogP) is 4.57. The molecule has 0 unspecified atom stereocenters. The van der Waals surface area contributed by atoms with E-state index in [4.69, 9.17) is 14.2 Å². The number of carbonyl (C=O) groups excluding carboxylic acids is 1. The topological polar surface area (TPSA) is 48.0 Å². The minimum absolute atomic E-state index is 0.204. The van der Waals surface area contributed by atoms with Gasteiger partial charge in [-0.05, 0) is 43.5 Å². The normalized spacial score (nSPS) is 20.6. The molecule has 0 spiro atoms. The predicted molar refractivity (Wildman–Crippen MR) is 108 cm³/mol. The van der Waals surface area contributed by atoms with E-state index >= 15 is 0 Å². The smallest absolute Gasteiger partial charge is 0.412 e.